The molecule has 0 bridgehead atoms. The molecule has 0 aromatic heterocycles. The molecular weight excluding hydrogens is 299 g/mol. The maximum absolute atomic E-state index is 13.1. The van der Waals surface area contributed by atoms with Crippen LogP contribution in [0.15, 0.2) is 23.2 Å². The summed E-state index contributed by atoms with van der Waals surface area (Å²) in [4.78, 5) is 0. The first kappa shape index (κ1) is 22.3. The molecule has 0 aromatic carbocycles. The third-order valence-electron chi connectivity index (χ3n) is 4.75. The van der Waals surface area contributed by atoms with Crippen molar-refractivity contribution in [3.05, 3.63) is 23.2 Å². The molecular formula is C17H32BF2NO2. The summed E-state index contributed by atoms with van der Waals surface area (Å²) in [7, 11) is -1.30. The highest BCUT2D eigenvalue weighted by atomic mass is 19.3. The average molecular weight is 331 g/mol. The fourth-order valence-corrected chi connectivity index (χ4v) is 1.91. The smallest absolute Gasteiger partial charge is 0.423 e. The number of hydrogen-bond acceptors (Lipinski definition) is 3. The highest BCUT2D eigenvalue weighted by Crippen LogP contribution is 2.37. The minimum Gasteiger partial charge on any atom is -0.423 e. The maximum Gasteiger partial charge on any atom is 0.488 e. The van der Waals surface area contributed by atoms with Gasteiger partial charge in [0, 0.05) is 12.1 Å². The minimum absolute atomic E-state index is 0.0417. The van der Waals surface area contributed by atoms with Gasteiger partial charge in [-0.15, -0.1) is 0 Å². The zero-order valence-corrected chi connectivity index (χ0v) is 15.3. The van der Waals surface area contributed by atoms with E-state index < -0.39 is 19.1 Å². The summed E-state index contributed by atoms with van der Waals surface area (Å²) in [5.74, 6) is 0. The molecule has 3 nitrogen and oxygen atoms in total. The van der Waals surface area contributed by atoms with E-state index in [1.54, 1.807) is 0 Å². The molecule has 0 heterocycles. The van der Waals surface area contributed by atoms with Crippen LogP contribution in [0, 0.1) is 5.41 Å². The minimum atomic E-state index is -2.60. The van der Waals surface area contributed by atoms with Crippen molar-refractivity contribution < 1.29 is 18.5 Å². The average Bonchev–Trinajstić information content (AvgIpc) is 2.46. The summed E-state index contributed by atoms with van der Waals surface area (Å²) in [5, 5.41) is 10.3. The summed E-state index contributed by atoms with van der Waals surface area (Å²) in [6.45, 7) is 11.8. The Labute approximate surface area is 140 Å². The highest BCUT2D eigenvalue weighted by Gasteiger charge is 2.40. The van der Waals surface area contributed by atoms with Crippen LogP contribution in [-0.2, 0) is 4.65 Å². The van der Waals surface area contributed by atoms with Gasteiger partial charge in [-0.1, -0.05) is 46.3 Å². The van der Waals surface area contributed by atoms with E-state index in [4.69, 9.17) is 10.4 Å². The standard InChI is InChI=1S/C17H32BF2NO2/c1-7-9-10-13(15(19)20)11-14(12-21)18(22)23-17(5,6)16(3,4)8-2/h10-11,15,22H,7-9,12,21H2,1-6H3/b13-10+,14-11+. The molecule has 0 aromatic rings. The van der Waals surface area contributed by atoms with Crippen molar-refractivity contribution >= 4 is 7.12 Å². The van der Waals surface area contributed by atoms with Crippen molar-refractivity contribution in [1.82, 2.24) is 0 Å². The van der Waals surface area contributed by atoms with Crippen LogP contribution in [0.2, 0.25) is 0 Å². The van der Waals surface area contributed by atoms with Gasteiger partial charge in [0.2, 0.25) is 0 Å². The van der Waals surface area contributed by atoms with E-state index in [1.165, 1.54) is 12.2 Å². The molecule has 3 N–H and O–H groups in total. The Morgan fingerprint density at radius 3 is 2.22 bits per heavy atom. The molecule has 0 atom stereocenters. The van der Waals surface area contributed by atoms with Crippen molar-refractivity contribution in [3.63, 3.8) is 0 Å². The fourth-order valence-electron chi connectivity index (χ4n) is 1.91. The third kappa shape index (κ3) is 6.73. The predicted octanol–water partition coefficient (Wildman–Crippen LogP) is 4.11. The summed E-state index contributed by atoms with van der Waals surface area (Å²) in [6.07, 6.45) is 2.33. The zero-order valence-electron chi connectivity index (χ0n) is 15.3. The Morgan fingerprint density at radius 2 is 1.83 bits per heavy atom. The lowest BCUT2D eigenvalue weighted by Gasteiger charge is -2.42. The van der Waals surface area contributed by atoms with E-state index in [-0.39, 0.29) is 23.0 Å². The summed E-state index contributed by atoms with van der Waals surface area (Å²) in [6, 6.07) is 0. The van der Waals surface area contributed by atoms with Gasteiger partial charge in [-0.05, 0) is 37.6 Å². The first-order valence-corrected chi connectivity index (χ1v) is 8.27. The fraction of sp³-hybridized carbons (Fsp3) is 0.765. The normalized spacial score (nSPS) is 14.6. The molecule has 0 amide bonds. The molecule has 0 aliphatic carbocycles. The van der Waals surface area contributed by atoms with E-state index in [9.17, 15) is 13.8 Å². The lowest BCUT2D eigenvalue weighted by atomic mass is 9.70. The van der Waals surface area contributed by atoms with Crippen molar-refractivity contribution in [2.45, 2.75) is 72.8 Å². The lowest BCUT2D eigenvalue weighted by Crippen LogP contribution is -2.46. The van der Waals surface area contributed by atoms with E-state index in [1.807, 2.05) is 41.5 Å². The first-order chi connectivity index (χ1) is 10.5. The van der Waals surface area contributed by atoms with Gasteiger partial charge in [0.1, 0.15) is 0 Å². The number of unbranched alkanes of at least 4 members (excludes halogenated alkanes) is 1. The monoisotopic (exact) mass is 331 g/mol. The van der Waals surface area contributed by atoms with Gasteiger partial charge in [-0.3, -0.25) is 0 Å². The zero-order chi connectivity index (χ0) is 18.3. The largest absolute Gasteiger partial charge is 0.488 e. The Bertz CT molecular complexity index is 421. The molecule has 0 aliphatic heterocycles. The number of rotatable bonds is 10. The number of nitrogens with two attached hydrogens (primary N) is 1. The number of halogens is 2. The van der Waals surface area contributed by atoms with Crippen LogP contribution in [0.5, 0.6) is 0 Å². The molecule has 0 rings (SSSR count). The van der Waals surface area contributed by atoms with Gasteiger partial charge in [0.25, 0.3) is 6.43 Å². The van der Waals surface area contributed by atoms with Crippen LogP contribution in [0.25, 0.3) is 0 Å². The third-order valence-corrected chi connectivity index (χ3v) is 4.75. The molecule has 23 heavy (non-hydrogen) atoms. The number of alkyl halides is 2. The Balaban J connectivity index is 5.33. The van der Waals surface area contributed by atoms with Crippen molar-refractivity contribution in [1.29, 1.82) is 0 Å². The molecule has 0 saturated heterocycles. The molecule has 0 fully saturated rings. The molecule has 0 radical (unpaired) electrons. The molecule has 6 heteroatoms. The molecule has 0 aliphatic rings. The second kappa shape index (κ2) is 9.55. The summed E-state index contributed by atoms with van der Waals surface area (Å²) in [5.41, 5.74) is 4.95. The second-order valence-corrected chi connectivity index (χ2v) is 6.93. The van der Waals surface area contributed by atoms with Gasteiger partial charge in [0.15, 0.2) is 0 Å². The topological polar surface area (TPSA) is 55.5 Å². The Morgan fingerprint density at radius 1 is 1.26 bits per heavy atom. The van der Waals surface area contributed by atoms with Crippen molar-refractivity contribution in [2.75, 3.05) is 6.54 Å². The molecule has 0 unspecified atom stereocenters. The van der Waals surface area contributed by atoms with E-state index in [2.05, 4.69) is 0 Å². The lowest BCUT2D eigenvalue weighted by molar-refractivity contribution is -0.0268. The Kier molecular flexibility index (Phi) is 9.25. The first-order valence-electron chi connectivity index (χ1n) is 8.27. The SMILES string of the molecule is CCC/C=C(\C=C(/CN)B(O)OC(C)(C)C(C)(C)CC)C(F)F. The summed E-state index contributed by atoms with van der Waals surface area (Å²) < 4.78 is 31.9. The van der Waals surface area contributed by atoms with Crippen LogP contribution in [0.4, 0.5) is 8.78 Å². The highest BCUT2D eigenvalue weighted by molar-refractivity contribution is 6.52. The van der Waals surface area contributed by atoms with Crippen molar-refractivity contribution in [2.24, 2.45) is 11.1 Å². The van der Waals surface area contributed by atoms with Crippen LogP contribution < -0.4 is 5.73 Å². The van der Waals surface area contributed by atoms with E-state index >= 15 is 0 Å². The maximum atomic E-state index is 13.1. The van der Waals surface area contributed by atoms with E-state index in [0.717, 1.165) is 12.8 Å². The summed E-state index contributed by atoms with van der Waals surface area (Å²) >= 11 is 0. The van der Waals surface area contributed by atoms with Gasteiger partial charge >= 0.3 is 7.12 Å². The second-order valence-electron chi connectivity index (χ2n) is 6.93. The quantitative estimate of drug-likeness (QED) is 0.468. The number of allylic oxidation sites excluding steroid dienone is 3. The van der Waals surface area contributed by atoms with Crippen LogP contribution in [0.3, 0.4) is 0 Å². The van der Waals surface area contributed by atoms with Gasteiger partial charge in [-0.25, -0.2) is 8.78 Å². The van der Waals surface area contributed by atoms with Crippen LogP contribution >= 0.6 is 0 Å². The van der Waals surface area contributed by atoms with Gasteiger partial charge < -0.3 is 15.4 Å². The predicted molar refractivity (Wildman–Crippen MR) is 93.3 cm³/mol. The Hall–Kier alpha value is -0.715. The van der Waals surface area contributed by atoms with E-state index in [0.29, 0.717) is 6.42 Å². The van der Waals surface area contributed by atoms with Crippen LogP contribution in [-0.4, -0.2) is 30.7 Å². The van der Waals surface area contributed by atoms with Crippen LogP contribution in [0.1, 0.15) is 60.8 Å². The van der Waals surface area contributed by atoms with Crippen molar-refractivity contribution in [3.8, 4) is 0 Å². The number of hydrogen-bond donors (Lipinski definition) is 2. The molecule has 0 spiro atoms. The molecule has 134 valence electrons. The molecule has 0 saturated carbocycles. The van der Waals surface area contributed by atoms with Gasteiger partial charge in [0.05, 0.1) is 5.60 Å². The van der Waals surface area contributed by atoms with Gasteiger partial charge in [-0.2, -0.15) is 0 Å².